The van der Waals surface area contributed by atoms with Crippen molar-refractivity contribution in [3.05, 3.63) is 42.1 Å². The lowest BCUT2D eigenvalue weighted by Gasteiger charge is -1.97. The summed E-state index contributed by atoms with van der Waals surface area (Å²) in [5.74, 6) is 0.800. The Hall–Kier alpha value is -2.36. The van der Waals surface area contributed by atoms with Gasteiger partial charge < -0.3 is 10.7 Å². The number of nitrogens with one attached hydrogen (secondary N) is 1. The van der Waals surface area contributed by atoms with Gasteiger partial charge in [-0.15, -0.1) is 0 Å². The summed E-state index contributed by atoms with van der Waals surface area (Å²) in [7, 11) is 0. The number of nitrogens with zero attached hydrogens (tertiary/aromatic N) is 2. The second-order valence-electron chi connectivity index (χ2n) is 4.04. The summed E-state index contributed by atoms with van der Waals surface area (Å²) in [6.07, 6.45) is 1.77. The lowest BCUT2D eigenvalue weighted by Crippen LogP contribution is -1.86. The number of aryl methyl sites for hydroxylation is 1. The molecule has 17 heavy (non-hydrogen) atoms. The number of anilines is 1. The third-order valence-electron chi connectivity index (χ3n) is 2.76. The fraction of sp³-hybridized carbons (Fsp3) is 0.0769. The van der Waals surface area contributed by atoms with Crippen molar-refractivity contribution in [3.63, 3.8) is 0 Å². The smallest absolute Gasteiger partial charge is 0.178 e. The molecule has 0 saturated heterocycles. The van der Waals surface area contributed by atoms with Gasteiger partial charge in [0, 0.05) is 17.4 Å². The molecule has 4 nitrogen and oxygen atoms in total. The van der Waals surface area contributed by atoms with Gasteiger partial charge in [0.05, 0.1) is 5.52 Å². The van der Waals surface area contributed by atoms with Crippen molar-refractivity contribution < 1.29 is 0 Å². The average molecular weight is 224 g/mol. The van der Waals surface area contributed by atoms with Crippen LogP contribution in [-0.4, -0.2) is 15.0 Å². The van der Waals surface area contributed by atoms with Crippen molar-refractivity contribution in [2.75, 3.05) is 5.73 Å². The molecule has 3 aromatic rings. The van der Waals surface area contributed by atoms with Gasteiger partial charge in [0.25, 0.3) is 0 Å². The molecule has 84 valence electrons. The van der Waals surface area contributed by atoms with Gasteiger partial charge in [-0.05, 0) is 30.7 Å². The fourth-order valence-electron chi connectivity index (χ4n) is 1.86. The first kappa shape index (κ1) is 9.84. The molecule has 0 fully saturated rings. The van der Waals surface area contributed by atoms with Crippen LogP contribution in [0, 0.1) is 6.92 Å². The van der Waals surface area contributed by atoms with Gasteiger partial charge in [0.1, 0.15) is 5.82 Å². The second-order valence-corrected chi connectivity index (χ2v) is 4.04. The summed E-state index contributed by atoms with van der Waals surface area (Å²) < 4.78 is 0. The summed E-state index contributed by atoms with van der Waals surface area (Å²) >= 11 is 0. The number of rotatable bonds is 1. The molecule has 0 aliphatic heterocycles. The van der Waals surface area contributed by atoms with Crippen LogP contribution in [-0.2, 0) is 0 Å². The summed E-state index contributed by atoms with van der Waals surface area (Å²) in [4.78, 5) is 12.0. The van der Waals surface area contributed by atoms with E-state index in [1.807, 2.05) is 37.3 Å². The first-order chi connectivity index (χ1) is 8.24. The number of H-pyrrole nitrogens is 1. The van der Waals surface area contributed by atoms with Gasteiger partial charge in [0.2, 0.25) is 0 Å². The monoisotopic (exact) mass is 224 g/mol. The minimum atomic E-state index is 0.729. The molecule has 4 heteroatoms. The molecule has 3 N–H and O–H groups in total. The second kappa shape index (κ2) is 3.59. The highest BCUT2D eigenvalue weighted by atomic mass is 15.0. The molecule has 0 spiro atoms. The maximum absolute atomic E-state index is 5.76. The Morgan fingerprint density at radius 1 is 1.24 bits per heavy atom. The van der Waals surface area contributed by atoms with E-state index >= 15 is 0 Å². The largest absolute Gasteiger partial charge is 0.399 e. The van der Waals surface area contributed by atoms with Gasteiger partial charge in [-0.1, -0.05) is 12.1 Å². The quantitative estimate of drug-likeness (QED) is 0.624. The van der Waals surface area contributed by atoms with Crippen LogP contribution in [0.15, 0.2) is 36.5 Å². The van der Waals surface area contributed by atoms with Crippen molar-refractivity contribution in [1.82, 2.24) is 15.0 Å². The Balaban J connectivity index is 2.22. The summed E-state index contributed by atoms with van der Waals surface area (Å²) in [6.45, 7) is 2.03. The molecule has 2 aromatic heterocycles. The SMILES string of the molecule is Cc1ccnc2nc(-c3cccc(N)c3)[nH]c12. The standard InChI is InChI=1S/C13H12N4/c1-8-5-6-15-13-11(8)16-12(17-13)9-3-2-4-10(14)7-9/h2-7H,14H2,1H3,(H,15,16,17). The van der Waals surface area contributed by atoms with Crippen molar-refractivity contribution in [3.8, 4) is 11.4 Å². The molecular formula is C13H12N4. The van der Waals surface area contributed by atoms with Crippen LogP contribution in [0.1, 0.15) is 5.56 Å². The number of nitrogens with two attached hydrogens (primary N) is 1. The molecule has 0 amide bonds. The topological polar surface area (TPSA) is 67.6 Å². The number of hydrogen-bond donors (Lipinski definition) is 2. The highest BCUT2D eigenvalue weighted by Gasteiger charge is 2.07. The predicted molar refractivity (Wildman–Crippen MR) is 68.5 cm³/mol. The predicted octanol–water partition coefficient (Wildman–Crippen LogP) is 2.52. The molecule has 2 heterocycles. The molecule has 0 saturated carbocycles. The van der Waals surface area contributed by atoms with Crippen molar-refractivity contribution in [2.24, 2.45) is 0 Å². The minimum absolute atomic E-state index is 0.729. The zero-order valence-electron chi connectivity index (χ0n) is 9.44. The third kappa shape index (κ3) is 1.63. The van der Waals surface area contributed by atoms with E-state index in [4.69, 9.17) is 5.73 Å². The molecule has 0 atom stereocenters. The van der Waals surface area contributed by atoms with E-state index < -0.39 is 0 Å². The fourth-order valence-corrected chi connectivity index (χ4v) is 1.86. The van der Waals surface area contributed by atoms with Crippen LogP contribution in [0.3, 0.4) is 0 Å². The number of hydrogen-bond acceptors (Lipinski definition) is 3. The van der Waals surface area contributed by atoms with E-state index in [2.05, 4.69) is 15.0 Å². The zero-order valence-corrected chi connectivity index (χ0v) is 9.44. The van der Waals surface area contributed by atoms with Gasteiger partial charge in [-0.3, -0.25) is 0 Å². The molecule has 1 aromatic carbocycles. The molecule has 3 rings (SSSR count). The Bertz CT molecular complexity index is 685. The Kier molecular flexibility index (Phi) is 2.08. The molecule has 0 bridgehead atoms. The van der Waals surface area contributed by atoms with Crippen molar-refractivity contribution >= 4 is 16.9 Å². The van der Waals surface area contributed by atoms with Gasteiger partial charge in [-0.25, -0.2) is 9.97 Å². The third-order valence-corrected chi connectivity index (χ3v) is 2.76. The lowest BCUT2D eigenvalue weighted by molar-refractivity contribution is 1.30. The maximum Gasteiger partial charge on any atom is 0.178 e. The van der Waals surface area contributed by atoms with E-state index in [-0.39, 0.29) is 0 Å². The average Bonchev–Trinajstić information content (AvgIpc) is 2.74. The Morgan fingerprint density at radius 3 is 2.88 bits per heavy atom. The van der Waals surface area contributed by atoms with Crippen molar-refractivity contribution in [1.29, 1.82) is 0 Å². The summed E-state index contributed by atoms with van der Waals surface area (Å²) in [5.41, 5.74) is 10.3. The van der Waals surface area contributed by atoms with Crippen LogP contribution < -0.4 is 5.73 Å². The number of nitrogen functional groups attached to an aromatic ring is 1. The van der Waals surface area contributed by atoms with E-state index in [1.165, 1.54) is 0 Å². The summed E-state index contributed by atoms with van der Waals surface area (Å²) in [5, 5.41) is 0. The van der Waals surface area contributed by atoms with E-state index in [0.717, 1.165) is 33.8 Å². The normalized spacial score (nSPS) is 10.9. The van der Waals surface area contributed by atoms with Crippen molar-refractivity contribution in [2.45, 2.75) is 6.92 Å². The minimum Gasteiger partial charge on any atom is -0.399 e. The van der Waals surface area contributed by atoms with Crippen LogP contribution >= 0.6 is 0 Å². The van der Waals surface area contributed by atoms with Gasteiger partial charge in [-0.2, -0.15) is 0 Å². The van der Waals surface area contributed by atoms with Crippen LogP contribution in [0.2, 0.25) is 0 Å². The number of fused-ring (bicyclic) bond motifs is 1. The Labute approximate surface area is 98.5 Å². The van der Waals surface area contributed by atoms with Gasteiger partial charge in [0.15, 0.2) is 5.65 Å². The number of aromatic nitrogens is 3. The first-order valence-corrected chi connectivity index (χ1v) is 5.41. The molecule has 0 unspecified atom stereocenters. The van der Waals surface area contributed by atoms with E-state index in [1.54, 1.807) is 6.20 Å². The molecule has 0 aliphatic rings. The molecule has 0 aliphatic carbocycles. The molecular weight excluding hydrogens is 212 g/mol. The first-order valence-electron chi connectivity index (χ1n) is 5.41. The highest BCUT2D eigenvalue weighted by molar-refractivity contribution is 5.79. The highest BCUT2D eigenvalue weighted by Crippen LogP contribution is 2.22. The summed E-state index contributed by atoms with van der Waals surface area (Å²) in [6, 6.07) is 9.61. The van der Waals surface area contributed by atoms with Crippen LogP contribution in [0.5, 0.6) is 0 Å². The van der Waals surface area contributed by atoms with Gasteiger partial charge >= 0.3 is 0 Å². The lowest BCUT2D eigenvalue weighted by atomic mass is 10.2. The number of pyridine rings is 1. The van der Waals surface area contributed by atoms with Crippen LogP contribution in [0.4, 0.5) is 5.69 Å². The maximum atomic E-state index is 5.76. The van der Waals surface area contributed by atoms with E-state index in [9.17, 15) is 0 Å². The molecule has 0 radical (unpaired) electrons. The number of aromatic amines is 1. The van der Waals surface area contributed by atoms with Crippen LogP contribution in [0.25, 0.3) is 22.6 Å². The number of imidazole rings is 1. The Morgan fingerprint density at radius 2 is 2.12 bits per heavy atom. The van der Waals surface area contributed by atoms with E-state index in [0.29, 0.717) is 0 Å². The zero-order chi connectivity index (χ0) is 11.8. The number of benzene rings is 1.